The number of unbranched alkanes of at least 4 members (excludes halogenated alkanes) is 1. The molecular weight excluding hydrogens is 473 g/mol. The van der Waals surface area contributed by atoms with E-state index in [-0.39, 0.29) is 29.5 Å². The molecule has 2 atom stereocenters. The first-order chi connectivity index (χ1) is 17.2. The van der Waals surface area contributed by atoms with E-state index in [1.807, 2.05) is 33.8 Å². The lowest BCUT2D eigenvalue weighted by Crippen LogP contribution is -2.29. The molecule has 7 nitrogen and oxygen atoms in total. The maximum absolute atomic E-state index is 12.6. The molecule has 0 saturated heterocycles. The number of nitriles is 1. The van der Waals surface area contributed by atoms with E-state index >= 15 is 0 Å². The molecule has 10 heteroatoms. The van der Waals surface area contributed by atoms with Gasteiger partial charge >= 0.3 is 6.36 Å². The molecule has 0 aliphatic carbocycles. The van der Waals surface area contributed by atoms with Gasteiger partial charge in [0.1, 0.15) is 17.5 Å². The van der Waals surface area contributed by atoms with Crippen molar-refractivity contribution in [1.29, 1.82) is 5.26 Å². The highest BCUT2D eigenvalue weighted by atomic mass is 19.4. The molecule has 1 amide bonds. The standard InChI is InChI=1S/C22H29F3N4O3.2C2H6/c1-4-6-7-15(10-14(3)5-2)29-19-11-16-18(13-28-19)32-17(12-26)20(16)21(30)27-8-9-31-22(23,24)25;2*1-2/h11,13-15H,4-10H2,1-3H3,(H,27,30)(H,28,29);2*1-2H3. The van der Waals surface area contributed by atoms with Crippen LogP contribution in [0.15, 0.2) is 16.7 Å². The van der Waals surface area contributed by atoms with Gasteiger partial charge in [0.15, 0.2) is 5.58 Å². The van der Waals surface area contributed by atoms with Crippen LogP contribution in [0.5, 0.6) is 0 Å². The molecule has 0 saturated carbocycles. The molecule has 2 N–H and O–H groups in total. The highest BCUT2D eigenvalue weighted by molar-refractivity contribution is 6.08. The Hall–Kier alpha value is -2.80. The zero-order valence-corrected chi connectivity index (χ0v) is 22.5. The van der Waals surface area contributed by atoms with Gasteiger partial charge in [-0.3, -0.25) is 9.53 Å². The van der Waals surface area contributed by atoms with E-state index < -0.39 is 18.9 Å². The number of hydrogen-bond donors (Lipinski definition) is 2. The minimum Gasteiger partial charge on any atom is -0.443 e. The predicted molar refractivity (Wildman–Crippen MR) is 137 cm³/mol. The number of hydrogen-bond acceptors (Lipinski definition) is 6. The van der Waals surface area contributed by atoms with Crippen molar-refractivity contribution in [3.63, 3.8) is 0 Å². The van der Waals surface area contributed by atoms with Crippen molar-refractivity contribution >= 4 is 22.7 Å². The summed E-state index contributed by atoms with van der Waals surface area (Å²) in [6.07, 6.45) is 1.80. The minimum atomic E-state index is -4.78. The highest BCUT2D eigenvalue weighted by Gasteiger charge is 2.29. The molecule has 36 heavy (non-hydrogen) atoms. The Morgan fingerprint density at radius 2 is 1.92 bits per heavy atom. The molecule has 0 radical (unpaired) electrons. The van der Waals surface area contributed by atoms with Gasteiger partial charge in [0.25, 0.3) is 5.91 Å². The second-order valence-corrected chi connectivity index (χ2v) is 7.77. The van der Waals surface area contributed by atoms with Crippen LogP contribution in [0.3, 0.4) is 0 Å². The molecule has 2 aromatic heterocycles. The lowest BCUT2D eigenvalue weighted by atomic mass is 9.96. The first-order valence-electron chi connectivity index (χ1n) is 12.8. The first-order valence-corrected chi connectivity index (χ1v) is 12.8. The third-order valence-electron chi connectivity index (χ3n) is 5.20. The van der Waals surface area contributed by atoms with Gasteiger partial charge in [0, 0.05) is 18.0 Å². The smallest absolute Gasteiger partial charge is 0.443 e. The number of pyridine rings is 1. The Kier molecular flexibility index (Phi) is 16.2. The van der Waals surface area contributed by atoms with Crippen molar-refractivity contribution in [1.82, 2.24) is 10.3 Å². The summed E-state index contributed by atoms with van der Waals surface area (Å²) in [6.45, 7) is 13.4. The Balaban J connectivity index is 0.00000291. The number of fused-ring (bicyclic) bond motifs is 1. The van der Waals surface area contributed by atoms with Crippen molar-refractivity contribution in [2.75, 3.05) is 18.5 Å². The summed E-state index contributed by atoms with van der Waals surface area (Å²) < 4.78 is 45.4. The second kappa shape index (κ2) is 17.6. The Morgan fingerprint density at radius 1 is 1.25 bits per heavy atom. The zero-order valence-electron chi connectivity index (χ0n) is 22.5. The van der Waals surface area contributed by atoms with E-state index in [9.17, 15) is 23.2 Å². The van der Waals surface area contributed by atoms with Gasteiger partial charge in [-0.05, 0) is 24.8 Å². The lowest BCUT2D eigenvalue weighted by Gasteiger charge is -2.22. The normalized spacial score (nSPS) is 12.4. The van der Waals surface area contributed by atoms with Crippen molar-refractivity contribution < 1.29 is 27.1 Å². The average molecular weight is 515 g/mol. The quantitative estimate of drug-likeness (QED) is 0.286. The third-order valence-corrected chi connectivity index (χ3v) is 5.20. The summed E-state index contributed by atoms with van der Waals surface area (Å²) >= 11 is 0. The number of halogens is 3. The fraction of sp³-hybridized carbons (Fsp3) is 0.654. The van der Waals surface area contributed by atoms with Crippen LogP contribution in [0.2, 0.25) is 0 Å². The molecule has 2 rings (SSSR count). The molecular formula is C26H41F3N4O3. The molecule has 0 fully saturated rings. The molecule has 2 aromatic rings. The molecule has 0 aliphatic heterocycles. The van der Waals surface area contributed by atoms with E-state index in [4.69, 9.17) is 4.42 Å². The number of carbonyl (C=O) groups is 1. The van der Waals surface area contributed by atoms with Crippen LogP contribution in [-0.4, -0.2) is 36.4 Å². The number of nitrogens with zero attached hydrogens (tertiary/aromatic N) is 2. The average Bonchev–Trinajstić information content (AvgIpc) is 3.24. The van der Waals surface area contributed by atoms with Crippen LogP contribution in [0.4, 0.5) is 19.0 Å². The number of nitrogens with one attached hydrogen (secondary N) is 2. The van der Waals surface area contributed by atoms with Crippen LogP contribution >= 0.6 is 0 Å². The van der Waals surface area contributed by atoms with Gasteiger partial charge in [-0.2, -0.15) is 5.26 Å². The van der Waals surface area contributed by atoms with Crippen molar-refractivity contribution in [2.45, 2.75) is 93.0 Å². The van der Waals surface area contributed by atoms with Crippen LogP contribution in [0, 0.1) is 17.2 Å². The first kappa shape index (κ1) is 33.2. The van der Waals surface area contributed by atoms with Crippen molar-refractivity contribution in [3.8, 4) is 6.07 Å². The maximum atomic E-state index is 12.6. The monoisotopic (exact) mass is 514 g/mol. The largest absolute Gasteiger partial charge is 0.522 e. The zero-order chi connectivity index (χ0) is 27.7. The van der Waals surface area contributed by atoms with Crippen molar-refractivity contribution in [2.24, 2.45) is 5.92 Å². The molecule has 0 bridgehead atoms. The summed E-state index contributed by atoms with van der Waals surface area (Å²) in [4.78, 5) is 16.9. The second-order valence-electron chi connectivity index (χ2n) is 7.77. The lowest BCUT2D eigenvalue weighted by molar-refractivity contribution is -0.323. The summed E-state index contributed by atoms with van der Waals surface area (Å²) in [5.41, 5.74) is 0.211. The minimum absolute atomic E-state index is 0.0352. The molecule has 204 valence electrons. The summed E-state index contributed by atoms with van der Waals surface area (Å²) in [5, 5.41) is 15.5. The van der Waals surface area contributed by atoms with Crippen LogP contribution in [0.25, 0.3) is 11.0 Å². The van der Waals surface area contributed by atoms with Gasteiger partial charge in [-0.1, -0.05) is 67.7 Å². The van der Waals surface area contributed by atoms with Gasteiger partial charge in [-0.25, -0.2) is 4.98 Å². The molecule has 0 spiro atoms. The summed E-state index contributed by atoms with van der Waals surface area (Å²) in [6, 6.07) is 3.65. The topological polar surface area (TPSA) is 100 Å². The fourth-order valence-corrected chi connectivity index (χ4v) is 3.37. The number of furan rings is 1. The van der Waals surface area contributed by atoms with Crippen LogP contribution < -0.4 is 10.6 Å². The molecule has 0 aromatic carbocycles. The van der Waals surface area contributed by atoms with Crippen molar-refractivity contribution in [3.05, 3.63) is 23.6 Å². The van der Waals surface area contributed by atoms with E-state index in [1.54, 1.807) is 6.07 Å². The highest BCUT2D eigenvalue weighted by Crippen LogP contribution is 2.28. The number of ether oxygens (including phenoxy) is 1. The molecule has 0 aliphatic rings. The van der Waals surface area contributed by atoms with Gasteiger partial charge < -0.3 is 15.1 Å². The number of carbonyl (C=O) groups excluding carboxylic acids is 1. The van der Waals surface area contributed by atoms with E-state index in [2.05, 4.69) is 41.1 Å². The Morgan fingerprint density at radius 3 is 2.47 bits per heavy atom. The Labute approximate surface area is 212 Å². The summed E-state index contributed by atoms with van der Waals surface area (Å²) in [5.74, 6) is 0.134. The summed E-state index contributed by atoms with van der Waals surface area (Å²) in [7, 11) is 0. The van der Waals surface area contributed by atoms with E-state index in [0.717, 1.165) is 32.1 Å². The number of anilines is 1. The van der Waals surface area contributed by atoms with E-state index in [1.165, 1.54) is 6.20 Å². The van der Waals surface area contributed by atoms with Gasteiger partial charge in [-0.15, -0.1) is 13.2 Å². The predicted octanol–water partition coefficient (Wildman–Crippen LogP) is 7.42. The number of rotatable bonds is 12. The number of aromatic nitrogens is 1. The molecule has 2 heterocycles. The number of amides is 1. The Bertz CT molecular complexity index is 939. The van der Waals surface area contributed by atoms with Crippen LogP contribution in [0.1, 0.15) is 96.7 Å². The van der Waals surface area contributed by atoms with Gasteiger partial charge in [0.2, 0.25) is 5.76 Å². The maximum Gasteiger partial charge on any atom is 0.522 e. The number of alkyl halides is 3. The van der Waals surface area contributed by atoms with Crippen LogP contribution in [-0.2, 0) is 4.74 Å². The fourth-order valence-electron chi connectivity index (χ4n) is 3.37. The molecule has 2 unspecified atom stereocenters. The van der Waals surface area contributed by atoms with E-state index in [0.29, 0.717) is 17.1 Å². The van der Waals surface area contributed by atoms with Gasteiger partial charge in [0.05, 0.1) is 12.8 Å². The third kappa shape index (κ3) is 11.3. The SMILES string of the molecule is CC.CC.CCCCC(CC(C)CC)Nc1cc2c(C(=O)NCCOC(F)(F)F)c(C#N)oc2cn1.